The van der Waals surface area contributed by atoms with Crippen molar-refractivity contribution in [1.82, 2.24) is 5.32 Å². The van der Waals surface area contributed by atoms with Crippen LogP contribution in [-0.4, -0.2) is 24.2 Å². The highest BCUT2D eigenvalue weighted by molar-refractivity contribution is 6.31. The number of hydrogen-bond donors (Lipinski definition) is 2. The molecule has 98 valence electrons. The number of carboxylic acid groups (broad SMARTS) is 1. The normalized spacial score (nSPS) is 22.3. The van der Waals surface area contributed by atoms with Gasteiger partial charge >= 0.3 is 5.97 Å². The number of rotatable bonds is 5. The van der Waals surface area contributed by atoms with E-state index in [2.05, 4.69) is 5.32 Å². The lowest BCUT2D eigenvalue weighted by Crippen LogP contribution is -2.43. The van der Waals surface area contributed by atoms with Gasteiger partial charge in [-0.05, 0) is 30.5 Å². The molecule has 2 rings (SSSR count). The molecule has 1 aromatic carbocycles. The van der Waals surface area contributed by atoms with E-state index in [1.807, 2.05) is 12.1 Å². The number of carboxylic acids is 1. The van der Waals surface area contributed by atoms with Crippen molar-refractivity contribution in [3.8, 4) is 5.75 Å². The second kappa shape index (κ2) is 5.59. The quantitative estimate of drug-likeness (QED) is 0.861. The van der Waals surface area contributed by atoms with Gasteiger partial charge in [0.1, 0.15) is 5.75 Å². The van der Waals surface area contributed by atoms with Crippen LogP contribution in [0.1, 0.15) is 18.4 Å². The largest absolute Gasteiger partial charge is 0.497 e. The van der Waals surface area contributed by atoms with E-state index in [4.69, 9.17) is 21.4 Å². The van der Waals surface area contributed by atoms with Crippen LogP contribution in [0, 0.1) is 5.92 Å². The first-order chi connectivity index (χ1) is 8.60. The second-order valence-corrected chi connectivity index (χ2v) is 4.95. The SMILES string of the molecule is COc1ccc(CNC2CC(C(=O)O)C2)c(Cl)c1. The first kappa shape index (κ1) is 13.2. The Bertz CT molecular complexity index is 444. The average molecular weight is 270 g/mol. The molecule has 2 N–H and O–H groups in total. The van der Waals surface area contributed by atoms with Gasteiger partial charge in [-0.2, -0.15) is 0 Å². The fourth-order valence-corrected chi connectivity index (χ4v) is 2.28. The van der Waals surface area contributed by atoms with E-state index in [1.165, 1.54) is 0 Å². The predicted molar refractivity (Wildman–Crippen MR) is 69.0 cm³/mol. The third kappa shape index (κ3) is 2.94. The highest BCUT2D eigenvalue weighted by Crippen LogP contribution is 2.28. The molecule has 1 fully saturated rings. The van der Waals surface area contributed by atoms with Crippen molar-refractivity contribution in [3.05, 3.63) is 28.8 Å². The zero-order valence-corrected chi connectivity index (χ0v) is 10.9. The lowest BCUT2D eigenvalue weighted by atomic mass is 9.80. The summed E-state index contributed by atoms with van der Waals surface area (Å²) in [4.78, 5) is 10.7. The molecule has 0 amide bonds. The molecule has 18 heavy (non-hydrogen) atoms. The van der Waals surface area contributed by atoms with E-state index in [1.54, 1.807) is 13.2 Å². The third-order valence-corrected chi connectivity index (χ3v) is 3.68. The van der Waals surface area contributed by atoms with Crippen LogP contribution in [0.2, 0.25) is 5.02 Å². The molecule has 0 radical (unpaired) electrons. The minimum Gasteiger partial charge on any atom is -0.497 e. The van der Waals surface area contributed by atoms with Crippen LogP contribution in [0.3, 0.4) is 0 Å². The fourth-order valence-electron chi connectivity index (χ4n) is 2.04. The van der Waals surface area contributed by atoms with Crippen LogP contribution in [-0.2, 0) is 11.3 Å². The summed E-state index contributed by atoms with van der Waals surface area (Å²) in [6.07, 6.45) is 1.40. The Morgan fingerprint density at radius 2 is 2.28 bits per heavy atom. The Kier molecular flexibility index (Phi) is 4.09. The molecule has 4 nitrogen and oxygen atoms in total. The van der Waals surface area contributed by atoms with Gasteiger partial charge in [0, 0.05) is 17.6 Å². The summed E-state index contributed by atoms with van der Waals surface area (Å²) < 4.78 is 5.08. The fraction of sp³-hybridized carbons (Fsp3) is 0.462. The maximum absolute atomic E-state index is 10.7. The Hall–Kier alpha value is -1.26. The summed E-state index contributed by atoms with van der Waals surface area (Å²) in [6.45, 7) is 0.653. The molecule has 1 aliphatic rings. The first-order valence-electron chi connectivity index (χ1n) is 5.88. The summed E-state index contributed by atoms with van der Waals surface area (Å²) in [5.74, 6) is -0.150. The number of halogens is 1. The molecular weight excluding hydrogens is 254 g/mol. The lowest BCUT2D eigenvalue weighted by molar-refractivity contribution is -0.145. The van der Waals surface area contributed by atoms with Gasteiger partial charge in [0.15, 0.2) is 0 Å². The number of aliphatic carboxylic acids is 1. The molecular formula is C13H16ClNO3. The maximum Gasteiger partial charge on any atom is 0.306 e. The van der Waals surface area contributed by atoms with Crippen molar-refractivity contribution >= 4 is 17.6 Å². The van der Waals surface area contributed by atoms with Crippen molar-refractivity contribution < 1.29 is 14.6 Å². The summed E-state index contributed by atoms with van der Waals surface area (Å²) in [5.41, 5.74) is 0.997. The Balaban J connectivity index is 1.83. The highest BCUT2D eigenvalue weighted by Gasteiger charge is 2.33. The van der Waals surface area contributed by atoms with Gasteiger partial charge in [-0.15, -0.1) is 0 Å². The molecule has 0 heterocycles. The summed E-state index contributed by atoms with van der Waals surface area (Å²) in [7, 11) is 1.60. The van der Waals surface area contributed by atoms with Gasteiger partial charge in [0.2, 0.25) is 0 Å². The van der Waals surface area contributed by atoms with E-state index in [0.29, 0.717) is 24.4 Å². The molecule has 0 unspecified atom stereocenters. The van der Waals surface area contributed by atoms with Crippen molar-refractivity contribution in [1.29, 1.82) is 0 Å². The molecule has 1 aromatic rings. The van der Waals surface area contributed by atoms with E-state index in [9.17, 15) is 4.79 Å². The smallest absolute Gasteiger partial charge is 0.306 e. The van der Waals surface area contributed by atoms with Gasteiger partial charge < -0.3 is 15.2 Å². The molecule has 1 saturated carbocycles. The van der Waals surface area contributed by atoms with Crippen LogP contribution in [0.4, 0.5) is 0 Å². The summed E-state index contributed by atoms with van der Waals surface area (Å²) in [6, 6.07) is 5.84. The van der Waals surface area contributed by atoms with Gasteiger partial charge in [0.05, 0.1) is 13.0 Å². The molecule has 0 spiro atoms. The number of nitrogens with one attached hydrogen (secondary N) is 1. The van der Waals surface area contributed by atoms with E-state index < -0.39 is 5.97 Å². The Morgan fingerprint density at radius 1 is 1.56 bits per heavy atom. The van der Waals surface area contributed by atoms with E-state index in [0.717, 1.165) is 11.3 Å². The van der Waals surface area contributed by atoms with Gasteiger partial charge in [-0.25, -0.2) is 0 Å². The van der Waals surface area contributed by atoms with Crippen molar-refractivity contribution in [2.45, 2.75) is 25.4 Å². The second-order valence-electron chi connectivity index (χ2n) is 4.54. The van der Waals surface area contributed by atoms with Crippen LogP contribution in [0.5, 0.6) is 5.75 Å². The number of ether oxygens (including phenoxy) is 1. The minimum absolute atomic E-state index is 0.186. The summed E-state index contributed by atoms with van der Waals surface area (Å²) >= 11 is 6.12. The van der Waals surface area contributed by atoms with E-state index in [-0.39, 0.29) is 12.0 Å². The summed E-state index contributed by atoms with van der Waals surface area (Å²) in [5, 5.41) is 12.7. The standard InChI is InChI=1S/C13H16ClNO3/c1-18-11-3-2-8(12(14)6-11)7-15-10-4-9(5-10)13(16)17/h2-3,6,9-10,15H,4-5,7H2,1H3,(H,16,17). The lowest BCUT2D eigenvalue weighted by Gasteiger charge is -2.33. The zero-order chi connectivity index (χ0) is 13.1. The van der Waals surface area contributed by atoms with Gasteiger partial charge in [-0.3, -0.25) is 4.79 Å². The topological polar surface area (TPSA) is 58.6 Å². The Labute approximate surface area is 111 Å². The van der Waals surface area contributed by atoms with Crippen LogP contribution in [0.25, 0.3) is 0 Å². The molecule has 0 bridgehead atoms. The number of benzene rings is 1. The van der Waals surface area contributed by atoms with E-state index >= 15 is 0 Å². The molecule has 0 atom stereocenters. The van der Waals surface area contributed by atoms with Gasteiger partial charge in [0.25, 0.3) is 0 Å². The third-order valence-electron chi connectivity index (χ3n) is 3.33. The number of carbonyl (C=O) groups is 1. The number of hydrogen-bond acceptors (Lipinski definition) is 3. The van der Waals surface area contributed by atoms with Crippen LogP contribution in [0.15, 0.2) is 18.2 Å². The minimum atomic E-state index is -0.699. The van der Waals surface area contributed by atoms with Crippen LogP contribution >= 0.6 is 11.6 Å². The van der Waals surface area contributed by atoms with Crippen molar-refractivity contribution in [3.63, 3.8) is 0 Å². The molecule has 0 saturated heterocycles. The molecule has 1 aliphatic carbocycles. The first-order valence-corrected chi connectivity index (χ1v) is 6.26. The van der Waals surface area contributed by atoms with Crippen LogP contribution < -0.4 is 10.1 Å². The van der Waals surface area contributed by atoms with Crippen molar-refractivity contribution in [2.75, 3.05) is 7.11 Å². The Morgan fingerprint density at radius 3 is 2.83 bits per heavy atom. The predicted octanol–water partition coefficient (Wildman–Crippen LogP) is 2.30. The molecule has 0 aromatic heterocycles. The number of methoxy groups -OCH3 is 1. The molecule has 0 aliphatic heterocycles. The monoisotopic (exact) mass is 269 g/mol. The van der Waals surface area contributed by atoms with Crippen molar-refractivity contribution in [2.24, 2.45) is 5.92 Å². The average Bonchev–Trinajstić information content (AvgIpc) is 2.28. The van der Waals surface area contributed by atoms with Gasteiger partial charge in [-0.1, -0.05) is 17.7 Å². The maximum atomic E-state index is 10.7. The highest BCUT2D eigenvalue weighted by atomic mass is 35.5. The molecule has 5 heteroatoms. The zero-order valence-electron chi connectivity index (χ0n) is 10.1.